The molecular weight excluding hydrogens is 860 g/mol. The Bertz CT molecular complexity index is 1570. The van der Waals surface area contributed by atoms with Gasteiger partial charge in [0.2, 0.25) is 0 Å². The van der Waals surface area contributed by atoms with Gasteiger partial charge in [0.15, 0.2) is 18.5 Å². The van der Waals surface area contributed by atoms with Crippen molar-refractivity contribution < 1.29 is 114 Å². The van der Waals surface area contributed by atoms with Crippen LogP contribution in [0.2, 0.25) is 0 Å². The number of carboxylic acids is 1. The number of ether oxygens (including phenoxy) is 8. The number of allylic oxidation sites excluding steroid dienone is 1. The highest BCUT2D eigenvalue weighted by atomic mass is 16.7. The summed E-state index contributed by atoms with van der Waals surface area (Å²) in [6.45, 7) is -1.31. The second-order valence-corrected chi connectivity index (χ2v) is 18.0. The summed E-state index contributed by atoms with van der Waals surface area (Å²) in [5.74, 6) is -6.22. The number of hydrogen-bond acceptors (Lipinski definition) is 21. The van der Waals surface area contributed by atoms with Gasteiger partial charge in [-0.25, -0.2) is 4.79 Å². The van der Waals surface area contributed by atoms with E-state index in [0.717, 1.165) is 0 Å². The summed E-state index contributed by atoms with van der Waals surface area (Å²) in [6.07, 6.45) is -24.2. The molecule has 13 N–H and O–H groups in total. The third-order valence-electron chi connectivity index (χ3n) is 13.9. The molecule has 366 valence electrons. The number of carboxylic acid groups (broad SMARTS) is 1. The van der Waals surface area contributed by atoms with Crippen molar-refractivity contribution in [3.05, 3.63) is 12.2 Å². The molecule has 3 heterocycles. The van der Waals surface area contributed by atoms with E-state index in [-0.39, 0.29) is 31.6 Å². The normalized spacial score (nSPS) is 47.7. The first-order valence-corrected chi connectivity index (χ1v) is 21.8. The Morgan fingerprint density at radius 2 is 1.25 bits per heavy atom. The van der Waals surface area contributed by atoms with Crippen molar-refractivity contribution in [2.45, 2.75) is 174 Å². The Morgan fingerprint density at radius 3 is 1.88 bits per heavy atom. The van der Waals surface area contributed by atoms with Crippen molar-refractivity contribution in [3.8, 4) is 0 Å². The van der Waals surface area contributed by atoms with Crippen LogP contribution in [0.3, 0.4) is 0 Å². The minimum Gasteiger partial charge on any atom is -0.481 e. The highest BCUT2D eigenvalue weighted by Gasteiger charge is 2.62. The molecule has 23 nitrogen and oxygen atoms in total. The summed E-state index contributed by atoms with van der Waals surface area (Å²) in [7, 11) is 2.91. The molecule has 3 saturated carbocycles. The summed E-state index contributed by atoms with van der Waals surface area (Å²) in [5, 5.41) is 129. The lowest BCUT2D eigenvalue weighted by Crippen LogP contribution is -2.69. The molecule has 0 aromatic carbocycles. The zero-order valence-corrected chi connectivity index (χ0v) is 35.5. The van der Waals surface area contributed by atoms with E-state index in [1.165, 1.54) is 20.3 Å². The van der Waals surface area contributed by atoms with Crippen molar-refractivity contribution in [2.75, 3.05) is 27.4 Å². The summed E-state index contributed by atoms with van der Waals surface area (Å²) in [6, 6.07) is 0. The summed E-state index contributed by atoms with van der Waals surface area (Å²) in [5.41, 5.74) is 0. The third-order valence-corrected chi connectivity index (χ3v) is 13.9. The number of rotatable bonds is 14. The highest BCUT2D eigenvalue weighted by molar-refractivity contribution is 5.90. The molecule has 6 fully saturated rings. The zero-order chi connectivity index (χ0) is 46.7. The fourth-order valence-electron chi connectivity index (χ4n) is 10.4. The molecule has 0 spiro atoms. The maximum atomic E-state index is 12.9. The first-order chi connectivity index (χ1) is 30.3. The van der Waals surface area contributed by atoms with Crippen LogP contribution in [-0.4, -0.2) is 234 Å². The maximum absolute atomic E-state index is 12.9. The van der Waals surface area contributed by atoms with E-state index in [9.17, 15) is 70.6 Å². The second-order valence-electron chi connectivity index (χ2n) is 18.0. The Hall–Kier alpha value is -2.53. The SMILES string of the molecule is COC1CC(C=CC(=O)OCC2OC(C3C(O)CC(O)C4CC(OC5OC(COC(=O)CC(=O)O)C(O)C(O)C5O)C(C5CCC(O)C(O)C5)[OH+]C43)C(O)C(O)C2O)CC(OC)C1O. The van der Waals surface area contributed by atoms with Crippen molar-refractivity contribution in [2.24, 2.45) is 23.7 Å². The van der Waals surface area contributed by atoms with Gasteiger partial charge in [0.1, 0.15) is 80.7 Å². The fraction of sp³-hybridized carbons (Fsp3) is 0.878. The van der Waals surface area contributed by atoms with Gasteiger partial charge in [0.05, 0.1) is 54.6 Å². The van der Waals surface area contributed by atoms with Crippen LogP contribution in [0, 0.1) is 23.7 Å². The molecule has 6 aliphatic rings. The summed E-state index contributed by atoms with van der Waals surface area (Å²) < 4.78 is 44.3. The Kier molecular flexibility index (Phi) is 17.5. The van der Waals surface area contributed by atoms with E-state index in [1.54, 1.807) is 6.08 Å². The molecular formula is C41H65O23+. The fourth-order valence-corrected chi connectivity index (χ4v) is 10.4. The monoisotopic (exact) mass is 925 g/mol. The number of aliphatic hydroxyl groups is 13. The van der Waals surface area contributed by atoms with Crippen molar-refractivity contribution >= 4 is 17.9 Å². The van der Waals surface area contributed by atoms with Crippen LogP contribution < -0.4 is 0 Å². The molecule has 3 aliphatic heterocycles. The molecule has 22 unspecified atom stereocenters. The molecule has 64 heavy (non-hydrogen) atoms. The predicted molar refractivity (Wildman–Crippen MR) is 209 cm³/mol. The van der Waals surface area contributed by atoms with Crippen molar-refractivity contribution in [1.82, 2.24) is 0 Å². The van der Waals surface area contributed by atoms with Gasteiger partial charge in [0, 0.05) is 32.6 Å². The van der Waals surface area contributed by atoms with E-state index in [2.05, 4.69) is 0 Å². The van der Waals surface area contributed by atoms with Gasteiger partial charge in [-0.2, -0.15) is 0 Å². The van der Waals surface area contributed by atoms with E-state index in [0.29, 0.717) is 19.3 Å². The third kappa shape index (κ3) is 11.4. The number of aliphatic hydroxyl groups excluding tert-OH is 11. The predicted octanol–water partition coefficient (Wildman–Crippen LogP) is -5.50. The molecule has 6 rings (SSSR count). The Morgan fingerprint density at radius 1 is 0.625 bits per heavy atom. The van der Waals surface area contributed by atoms with Gasteiger partial charge in [-0.15, -0.1) is 0 Å². The van der Waals surface area contributed by atoms with Gasteiger partial charge in [0.25, 0.3) is 0 Å². The lowest BCUT2D eigenvalue weighted by atomic mass is 9.66. The van der Waals surface area contributed by atoms with Crippen molar-refractivity contribution in [1.29, 1.82) is 0 Å². The second kappa shape index (κ2) is 22.1. The minimum absolute atomic E-state index is 0.0118. The first-order valence-electron chi connectivity index (χ1n) is 21.8. The highest BCUT2D eigenvalue weighted by Crippen LogP contribution is 2.47. The number of carbonyl (C=O) groups is 3. The molecule has 0 bridgehead atoms. The molecule has 22 atom stereocenters. The quantitative estimate of drug-likeness (QED) is 0.0335. The van der Waals surface area contributed by atoms with E-state index < -0.39 is 178 Å². The topological polar surface area (TPSA) is 371 Å². The number of carbonyl (C=O) groups excluding carboxylic acids is 2. The van der Waals surface area contributed by atoms with Crippen LogP contribution in [0.25, 0.3) is 0 Å². The average molecular weight is 926 g/mol. The van der Waals surface area contributed by atoms with E-state index in [4.69, 9.17) is 43.0 Å². The Balaban J connectivity index is 1.19. The minimum atomic E-state index is -1.89. The molecule has 23 heteroatoms. The largest absolute Gasteiger partial charge is 0.481 e. The molecule has 0 radical (unpaired) electrons. The van der Waals surface area contributed by atoms with Crippen molar-refractivity contribution in [3.63, 3.8) is 0 Å². The lowest BCUT2D eigenvalue weighted by Gasteiger charge is -2.53. The van der Waals surface area contributed by atoms with Gasteiger partial charge in [-0.3, -0.25) is 9.59 Å². The average Bonchev–Trinajstić information content (AvgIpc) is 3.25. The standard InChI is InChI=1S/C41H64O23/c1-57-22-7-15(8-23(58-2)31(22)50)3-6-28(48)59-13-25-32(51)34(53)36(55)40(61-25)30-21(45)11-19(43)17-10-24(38(64-39(17)30)16-4-5-18(42)20(44)9-16)62-41-37(56)35(54)33(52)26(63-41)14-60-29(49)12-27(46)47/h3,6,15-26,30-45,50-56H,4-5,7-14H2,1-2H3,(H,46,47)/p+1. The number of fused-ring (bicyclic) bond motifs is 1. The molecule has 3 saturated heterocycles. The maximum Gasteiger partial charge on any atom is 0.330 e. The lowest BCUT2D eigenvalue weighted by molar-refractivity contribution is -0.372. The number of aliphatic carboxylic acids is 1. The van der Waals surface area contributed by atoms with Gasteiger partial charge < -0.3 is 99.2 Å². The molecule has 0 aromatic rings. The summed E-state index contributed by atoms with van der Waals surface area (Å²) in [4.78, 5) is 35.8. The smallest absolute Gasteiger partial charge is 0.330 e. The van der Waals surface area contributed by atoms with Gasteiger partial charge in [-0.05, 0) is 44.4 Å². The molecule has 0 amide bonds. The molecule has 0 aromatic heterocycles. The first kappa shape index (κ1) is 50.9. The van der Waals surface area contributed by atoms with Gasteiger partial charge >= 0.3 is 17.9 Å². The van der Waals surface area contributed by atoms with Crippen LogP contribution >= 0.6 is 0 Å². The van der Waals surface area contributed by atoms with Crippen LogP contribution in [0.15, 0.2) is 12.2 Å². The number of hydrogen-bond donors (Lipinski definition) is 12. The van der Waals surface area contributed by atoms with Crippen LogP contribution in [0.4, 0.5) is 0 Å². The van der Waals surface area contributed by atoms with E-state index in [1.807, 2.05) is 0 Å². The number of esters is 2. The van der Waals surface area contributed by atoms with Crippen LogP contribution in [-0.2, 0) is 47.5 Å². The van der Waals surface area contributed by atoms with E-state index >= 15 is 0 Å². The Labute approximate surface area is 368 Å². The molecule has 3 aliphatic carbocycles. The summed E-state index contributed by atoms with van der Waals surface area (Å²) >= 11 is 0. The van der Waals surface area contributed by atoms with Crippen LogP contribution in [0.5, 0.6) is 0 Å². The van der Waals surface area contributed by atoms with Gasteiger partial charge in [-0.1, -0.05) is 6.08 Å². The zero-order valence-electron chi connectivity index (χ0n) is 35.5. The van der Waals surface area contributed by atoms with Crippen LogP contribution in [0.1, 0.15) is 51.4 Å². The number of methoxy groups -OCH3 is 2.